The lowest BCUT2D eigenvalue weighted by Gasteiger charge is -2.59. The van der Waals surface area contributed by atoms with Crippen LogP contribution in [0.5, 0.6) is 11.5 Å². The van der Waals surface area contributed by atoms with E-state index in [2.05, 4.69) is 12.2 Å². The van der Waals surface area contributed by atoms with Crippen LogP contribution in [0.4, 0.5) is 25.0 Å². The second kappa shape index (κ2) is 24.2. The number of fused-ring (bicyclic) bond motifs is 7. The van der Waals surface area contributed by atoms with Crippen LogP contribution in [-0.2, 0) is 33.3 Å². The molecule has 6 aliphatic carbocycles. The second-order valence-electron chi connectivity index (χ2n) is 26.3. The molecule has 9 atom stereocenters. The monoisotopic (exact) mass is 1250 g/mol. The zero-order valence-electron chi connectivity index (χ0n) is 51.6. The summed E-state index contributed by atoms with van der Waals surface area (Å²) in [6, 6.07) is 1.17. The first-order valence-corrected chi connectivity index (χ1v) is 31.5. The number of Topliss-reactive ketones (excluding diaryl/α,β-unsaturated/α-hetero) is 1. The molecule has 482 valence electrons. The molecule has 2 saturated heterocycles. The van der Waals surface area contributed by atoms with Gasteiger partial charge in [0.2, 0.25) is 24.4 Å². The number of nitrogens with zero attached hydrogens (tertiary/aromatic N) is 5. The Bertz CT molecular complexity index is 3820. The number of unbranched alkanes of at least 4 members (excludes halogenated alkanes) is 1. The summed E-state index contributed by atoms with van der Waals surface area (Å²) in [7, 11) is 2.74. The van der Waals surface area contributed by atoms with Crippen LogP contribution in [0.25, 0.3) is 21.8 Å². The molecular weight excluding hydrogens is 1170 g/mol. The number of amides is 1. The number of halogens is 2. The van der Waals surface area contributed by atoms with Crippen LogP contribution < -0.4 is 35.4 Å². The Balaban J connectivity index is 0.639. The van der Waals surface area contributed by atoms with Gasteiger partial charge in [0.15, 0.2) is 34.7 Å². The largest absolute Gasteiger partial charge is 0.492 e. The van der Waals surface area contributed by atoms with Gasteiger partial charge in [0.05, 0.1) is 42.1 Å². The molecule has 2 aromatic carbocycles. The summed E-state index contributed by atoms with van der Waals surface area (Å²) in [6.07, 6.45) is 12.3. The molecule has 0 bridgehead atoms. The Hall–Kier alpha value is -7.70. The van der Waals surface area contributed by atoms with E-state index < -0.39 is 99.8 Å². The van der Waals surface area contributed by atoms with Crippen molar-refractivity contribution in [2.24, 2.45) is 28.6 Å². The van der Waals surface area contributed by atoms with Gasteiger partial charge in [-0.05, 0) is 121 Å². The van der Waals surface area contributed by atoms with Crippen molar-refractivity contribution in [1.29, 1.82) is 0 Å². The van der Waals surface area contributed by atoms with Crippen LogP contribution in [-0.4, -0.2) is 151 Å². The number of carbonyl (C=O) groups is 6. The summed E-state index contributed by atoms with van der Waals surface area (Å²) in [6.45, 7) is 7.98. The Morgan fingerprint density at radius 1 is 0.744 bits per heavy atom. The van der Waals surface area contributed by atoms with E-state index in [1.165, 1.54) is 31.5 Å². The third-order valence-electron chi connectivity index (χ3n) is 21.0. The van der Waals surface area contributed by atoms with Crippen LogP contribution in [0.2, 0.25) is 0 Å². The number of hydrogen-bond donors (Lipinski definition) is 3. The maximum Gasteiger partial charge on any atom is 0.413 e. The van der Waals surface area contributed by atoms with E-state index in [9.17, 15) is 48.6 Å². The molecule has 22 nitrogen and oxygen atoms in total. The smallest absolute Gasteiger partial charge is 0.413 e. The number of ether oxygens (including phenoxy) is 6. The zero-order chi connectivity index (χ0) is 63.9. The van der Waals surface area contributed by atoms with Crippen molar-refractivity contribution in [2.75, 3.05) is 76.9 Å². The lowest BCUT2D eigenvalue weighted by Crippen LogP contribution is -2.61. The summed E-state index contributed by atoms with van der Waals surface area (Å²) >= 11 is 0. The van der Waals surface area contributed by atoms with Crippen molar-refractivity contribution in [3.05, 3.63) is 91.5 Å². The number of aliphatic hydroxyl groups excluding tert-OH is 1. The number of piperazine rings is 2. The topological polar surface area (TPSA) is 264 Å². The summed E-state index contributed by atoms with van der Waals surface area (Å²) in [5, 5.41) is 26.9. The molecule has 8 aliphatic rings. The molecule has 1 amide bonds. The van der Waals surface area contributed by atoms with Crippen LogP contribution in [0.15, 0.2) is 57.9 Å². The highest BCUT2D eigenvalue weighted by molar-refractivity contribution is 6.02. The maximum absolute atomic E-state index is 16.6. The second-order valence-corrected chi connectivity index (χ2v) is 26.3. The molecule has 90 heavy (non-hydrogen) atoms. The minimum atomic E-state index is -1.63. The summed E-state index contributed by atoms with van der Waals surface area (Å²) in [5.74, 6) is -4.74. The Morgan fingerprint density at radius 3 is 1.94 bits per heavy atom. The third-order valence-corrected chi connectivity index (χ3v) is 21.0. The summed E-state index contributed by atoms with van der Waals surface area (Å²) in [5.41, 5.74) is -3.72. The van der Waals surface area contributed by atoms with Crippen LogP contribution >= 0.6 is 0 Å². The SMILES string of the molecule is COc1c(N2CCN(C(=O)OCOC(=O)CCCCC(=O)[C@@]3(O)CCC4C5CCC6=CC(=O)C=C[C@]6(C)C5[C@@H](O)C[C@@]43C)C(C)C2)c(F)cc2c(=O)c(C(=O)OCOC(=O)c3cn(C4CC4)c4c(OC)c(N5CCNCC5C)c(F)cc4c3=O)cn(C3CC3)c12. The maximum atomic E-state index is 16.6. The standard InChI is InChI=1S/C66H78F2N6O16/c1-35-29-69-21-22-71(35)56-48(68)27-43-54(60(56)86-6)74(39-14-15-39)32-45(58(43)80)62(82)89-34-88-61(81)44-31-73(38-12-13-38)53-42(57(44)79)26-47(67)55(59(53)85-5)70-23-24-72(36(2)30-70)63(83)90-33-87-51(78)10-8-7-9-50(77)66(84)20-18-46-41-16-11-37-25-40(75)17-19-64(37,3)52(41)49(76)28-65(46,66)4/h17,19,25-27,31-32,35-36,38-39,41,46,49,52,69,76,84H,7-16,18,20-24,28-30,33-34H2,1-6H3/t35?,36?,41?,46?,49-,52?,64-,65-,66-/m0/s1. The zero-order valence-corrected chi connectivity index (χ0v) is 51.6. The quantitative estimate of drug-likeness (QED) is 0.0500. The van der Waals surface area contributed by atoms with E-state index >= 15 is 8.78 Å². The van der Waals surface area contributed by atoms with E-state index in [1.54, 1.807) is 33.1 Å². The predicted molar refractivity (Wildman–Crippen MR) is 324 cm³/mol. The summed E-state index contributed by atoms with van der Waals surface area (Å²) in [4.78, 5) is 113. The number of ketones is 2. The molecule has 24 heteroatoms. The molecule has 7 fully saturated rings. The van der Waals surface area contributed by atoms with Crippen LogP contribution in [0, 0.1) is 40.2 Å². The number of rotatable bonds is 18. The van der Waals surface area contributed by atoms with Gasteiger partial charge in [-0.3, -0.25) is 24.0 Å². The molecule has 2 aromatic heterocycles. The number of hydrogen-bond acceptors (Lipinski definition) is 19. The average Bonchev–Trinajstić information content (AvgIpc) is 1.27. The molecule has 5 unspecified atom stereocenters. The van der Waals surface area contributed by atoms with Gasteiger partial charge < -0.3 is 67.8 Å². The normalized spacial score (nSPS) is 28.0. The van der Waals surface area contributed by atoms with Crippen molar-refractivity contribution in [3.63, 3.8) is 0 Å². The lowest BCUT2D eigenvalue weighted by molar-refractivity contribution is -0.176. The fourth-order valence-corrected chi connectivity index (χ4v) is 16.2. The van der Waals surface area contributed by atoms with E-state index in [-0.39, 0.29) is 138 Å². The number of anilines is 2. The molecule has 2 aliphatic heterocycles. The van der Waals surface area contributed by atoms with E-state index in [4.69, 9.17) is 28.4 Å². The van der Waals surface area contributed by atoms with Gasteiger partial charge in [-0.25, -0.2) is 23.2 Å². The van der Waals surface area contributed by atoms with Gasteiger partial charge in [-0.15, -0.1) is 0 Å². The number of methoxy groups -OCH3 is 2. The molecule has 0 spiro atoms. The Morgan fingerprint density at radius 2 is 1.34 bits per heavy atom. The fourth-order valence-electron chi connectivity index (χ4n) is 16.2. The van der Waals surface area contributed by atoms with Gasteiger partial charge in [-0.2, -0.15) is 0 Å². The molecule has 4 aromatic rings. The Kier molecular flexibility index (Phi) is 16.8. The first kappa shape index (κ1) is 62.5. The molecular formula is C66H78F2N6O16. The number of benzene rings is 2. The third kappa shape index (κ3) is 10.8. The molecule has 4 heterocycles. The van der Waals surface area contributed by atoms with Crippen molar-refractivity contribution < 1.29 is 76.2 Å². The fraction of sp³-hybridized carbons (Fsp3) is 0.576. The van der Waals surface area contributed by atoms with Crippen molar-refractivity contribution in [3.8, 4) is 11.5 Å². The predicted octanol–water partition coefficient (Wildman–Crippen LogP) is 7.34. The number of aliphatic hydroxyl groups is 2. The van der Waals surface area contributed by atoms with Gasteiger partial charge in [0.25, 0.3) is 0 Å². The first-order chi connectivity index (χ1) is 43.0. The van der Waals surface area contributed by atoms with E-state index in [1.807, 2.05) is 24.8 Å². The highest BCUT2D eigenvalue weighted by Gasteiger charge is 2.68. The van der Waals surface area contributed by atoms with Crippen LogP contribution in [0.3, 0.4) is 0 Å². The van der Waals surface area contributed by atoms with E-state index in [0.717, 1.165) is 43.4 Å². The number of carbonyl (C=O) groups excluding carboxylic acids is 6. The number of aromatic nitrogens is 2. The van der Waals surface area contributed by atoms with Gasteiger partial charge >= 0.3 is 24.0 Å². The number of nitrogens with one attached hydrogen (secondary N) is 1. The van der Waals surface area contributed by atoms with Crippen molar-refractivity contribution in [1.82, 2.24) is 19.4 Å². The van der Waals surface area contributed by atoms with Crippen LogP contribution in [0.1, 0.15) is 144 Å². The molecule has 12 rings (SSSR count). The average molecular weight is 1250 g/mol. The van der Waals surface area contributed by atoms with Gasteiger partial charge in [-0.1, -0.05) is 25.5 Å². The number of allylic oxidation sites excluding steroid dienone is 4. The molecule has 0 radical (unpaired) electrons. The first-order valence-electron chi connectivity index (χ1n) is 31.5. The van der Waals surface area contributed by atoms with Gasteiger partial charge in [0, 0.05) is 105 Å². The molecule has 5 saturated carbocycles. The molecule has 3 N–H and O–H groups in total. The summed E-state index contributed by atoms with van der Waals surface area (Å²) < 4.78 is 69.0. The van der Waals surface area contributed by atoms with Crippen molar-refractivity contribution >= 4 is 68.7 Å². The lowest BCUT2D eigenvalue weighted by atomic mass is 9.46. The minimum Gasteiger partial charge on any atom is -0.492 e. The minimum absolute atomic E-state index is 0.0148. The highest BCUT2D eigenvalue weighted by Crippen LogP contribution is 2.67. The van der Waals surface area contributed by atoms with E-state index in [0.29, 0.717) is 50.8 Å². The van der Waals surface area contributed by atoms with Crippen molar-refractivity contribution in [2.45, 2.75) is 147 Å². The van der Waals surface area contributed by atoms with Gasteiger partial charge in [0.1, 0.15) is 28.1 Å². The Labute approximate surface area is 518 Å². The highest BCUT2D eigenvalue weighted by atomic mass is 19.1. The number of esters is 3. The number of pyridine rings is 2.